The van der Waals surface area contributed by atoms with Crippen molar-refractivity contribution in [3.8, 4) is 0 Å². The van der Waals surface area contributed by atoms with Gasteiger partial charge in [-0.3, -0.25) is 4.79 Å². The Labute approximate surface area is 126 Å². The van der Waals surface area contributed by atoms with Gasteiger partial charge in [-0.2, -0.15) is 0 Å². The largest absolute Gasteiger partial charge is 0.351 e. The maximum absolute atomic E-state index is 12.0. The summed E-state index contributed by atoms with van der Waals surface area (Å²) in [6.07, 6.45) is 4.11. The lowest BCUT2D eigenvalue weighted by Crippen LogP contribution is -2.29. The van der Waals surface area contributed by atoms with Gasteiger partial charge in [0, 0.05) is 16.3 Å². The predicted molar refractivity (Wildman–Crippen MR) is 83.2 cm³/mol. The standard InChI is InChI=1S/C13H17BrClNOS/c1-3-4-9(14)8-16-13(17)11-7-10(18-2)5-6-12(11)15/h5-7,9H,3-4,8H2,1-2H3,(H,16,17). The average molecular weight is 351 g/mol. The van der Waals surface area contributed by atoms with Gasteiger partial charge in [-0.25, -0.2) is 0 Å². The highest BCUT2D eigenvalue weighted by Gasteiger charge is 2.12. The van der Waals surface area contributed by atoms with Gasteiger partial charge in [0.05, 0.1) is 10.6 Å². The zero-order chi connectivity index (χ0) is 13.5. The molecule has 5 heteroatoms. The molecule has 0 radical (unpaired) electrons. The SMILES string of the molecule is CCCC(Br)CNC(=O)c1cc(SC)ccc1Cl. The van der Waals surface area contributed by atoms with E-state index in [9.17, 15) is 4.79 Å². The van der Waals surface area contributed by atoms with Crippen LogP contribution in [0.15, 0.2) is 23.1 Å². The highest BCUT2D eigenvalue weighted by molar-refractivity contribution is 9.09. The van der Waals surface area contributed by atoms with E-state index in [1.54, 1.807) is 17.8 Å². The lowest BCUT2D eigenvalue weighted by atomic mass is 10.2. The maximum Gasteiger partial charge on any atom is 0.252 e. The van der Waals surface area contributed by atoms with Crippen molar-refractivity contribution < 1.29 is 4.79 Å². The number of rotatable bonds is 6. The molecule has 1 amide bonds. The Balaban J connectivity index is 2.66. The van der Waals surface area contributed by atoms with E-state index in [-0.39, 0.29) is 5.91 Å². The summed E-state index contributed by atoms with van der Waals surface area (Å²) in [6.45, 7) is 2.74. The van der Waals surface area contributed by atoms with E-state index in [1.165, 1.54) is 0 Å². The second kappa shape index (κ2) is 8.08. The van der Waals surface area contributed by atoms with Crippen LogP contribution in [-0.4, -0.2) is 23.5 Å². The summed E-state index contributed by atoms with van der Waals surface area (Å²) in [4.78, 5) is 13.4. The average Bonchev–Trinajstić information content (AvgIpc) is 2.37. The highest BCUT2D eigenvalue weighted by atomic mass is 79.9. The molecule has 0 aliphatic carbocycles. The monoisotopic (exact) mass is 349 g/mol. The smallest absolute Gasteiger partial charge is 0.252 e. The van der Waals surface area contributed by atoms with Crippen molar-refractivity contribution >= 4 is 45.2 Å². The number of amides is 1. The van der Waals surface area contributed by atoms with Crippen molar-refractivity contribution in [1.29, 1.82) is 0 Å². The van der Waals surface area contributed by atoms with Gasteiger partial charge in [0.15, 0.2) is 0 Å². The molecule has 1 atom stereocenters. The minimum Gasteiger partial charge on any atom is -0.351 e. The summed E-state index contributed by atoms with van der Waals surface area (Å²) in [5, 5.41) is 3.39. The van der Waals surface area contributed by atoms with Crippen LogP contribution in [0.2, 0.25) is 5.02 Å². The van der Waals surface area contributed by atoms with Crippen LogP contribution in [0.5, 0.6) is 0 Å². The van der Waals surface area contributed by atoms with Gasteiger partial charge in [0.2, 0.25) is 0 Å². The van der Waals surface area contributed by atoms with E-state index in [2.05, 4.69) is 28.2 Å². The molecule has 1 rings (SSSR count). The van der Waals surface area contributed by atoms with Gasteiger partial charge in [-0.1, -0.05) is 40.9 Å². The van der Waals surface area contributed by atoms with Crippen molar-refractivity contribution in [2.45, 2.75) is 29.5 Å². The Kier molecular flexibility index (Phi) is 7.12. The first kappa shape index (κ1) is 15.9. The van der Waals surface area contributed by atoms with Crippen molar-refractivity contribution in [1.82, 2.24) is 5.32 Å². The number of hydrogen-bond acceptors (Lipinski definition) is 2. The number of nitrogens with one attached hydrogen (secondary N) is 1. The van der Waals surface area contributed by atoms with Crippen LogP contribution in [0.3, 0.4) is 0 Å². The molecule has 1 aromatic carbocycles. The van der Waals surface area contributed by atoms with Crippen LogP contribution >= 0.6 is 39.3 Å². The molecular weight excluding hydrogens is 334 g/mol. The molecule has 0 saturated carbocycles. The van der Waals surface area contributed by atoms with E-state index < -0.39 is 0 Å². The fraction of sp³-hybridized carbons (Fsp3) is 0.462. The zero-order valence-corrected chi connectivity index (χ0v) is 13.7. The topological polar surface area (TPSA) is 29.1 Å². The van der Waals surface area contributed by atoms with Crippen LogP contribution in [-0.2, 0) is 0 Å². The summed E-state index contributed by atoms with van der Waals surface area (Å²) in [5.41, 5.74) is 0.541. The quantitative estimate of drug-likeness (QED) is 0.610. The van der Waals surface area contributed by atoms with Gasteiger partial charge < -0.3 is 5.32 Å². The zero-order valence-electron chi connectivity index (χ0n) is 10.5. The number of carbonyl (C=O) groups is 1. The first-order valence-corrected chi connectivity index (χ1v) is 8.36. The minimum atomic E-state index is -0.114. The Hall–Kier alpha value is -0.190. The molecule has 0 aliphatic heterocycles. The number of hydrogen-bond donors (Lipinski definition) is 1. The molecule has 1 unspecified atom stereocenters. The van der Waals surface area contributed by atoms with Crippen molar-refractivity contribution in [3.05, 3.63) is 28.8 Å². The van der Waals surface area contributed by atoms with Gasteiger partial charge in [0.25, 0.3) is 5.91 Å². The van der Waals surface area contributed by atoms with Crippen LogP contribution in [0.4, 0.5) is 0 Å². The van der Waals surface area contributed by atoms with Crippen LogP contribution in [0, 0.1) is 0 Å². The molecule has 0 heterocycles. The summed E-state index contributed by atoms with van der Waals surface area (Å²) in [7, 11) is 0. The third-order valence-corrected chi connectivity index (χ3v) is 4.34. The van der Waals surface area contributed by atoms with E-state index in [0.717, 1.165) is 17.7 Å². The second-order valence-corrected chi connectivity index (χ2v) is 6.52. The molecule has 0 aromatic heterocycles. The summed E-state index contributed by atoms with van der Waals surface area (Å²) < 4.78 is 0. The Morgan fingerprint density at radius 1 is 1.56 bits per heavy atom. The van der Waals surface area contributed by atoms with Crippen LogP contribution in [0.25, 0.3) is 0 Å². The van der Waals surface area contributed by atoms with Gasteiger partial charge in [-0.15, -0.1) is 11.8 Å². The Morgan fingerprint density at radius 2 is 2.28 bits per heavy atom. The molecule has 1 N–H and O–H groups in total. The third kappa shape index (κ3) is 4.82. The molecule has 18 heavy (non-hydrogen) atoms. The summed E-state index contributed by atoms with van der Waals surface area (Å²) in [5.74, 6) is -0.114. The number of thioether (sulfide) groups is 1. The van der Waals surface area contributed by atoms with Gasteiger partial charge in [-0.05, 0) is 30.9 Å². The molecule has 0 bridgehead atoms. The molecular formula is C13H17BrClNOS. The molecule has 100 valence electrons. The van der Waals surface area contributed by atoms with Gasteiger partial charge in [0.1, 0.15) is 0 Å². The van der Waals surface area contributed by atoms with Crippen molar-refractivity contribution in [2.75, 3.05) is 12.8 Å². The Bertz CT molecular complexity index is 414. The molecule has 0 saturated heterocycles. The molecule has 1 aromatic rings. The number of benzene rings is 1. The molecule has 0 fully saturated rings. The molecule has 2 nitrogen and oxygen atoms in total. The lowest BCUT2D eigenvalue weighted by molar-refractivity contribution is 0.0953. The maximum atomic E-state index is 12.0. The first-order chi connectivity index (χ1) is 8.58. The fourth-order valence-electron chi connectivity index (χ4n) is 1.52. The Morgan fingerprint density at radius 3 is 2.89 bits per heavy atom. The van der Waals surface area contributed by atoms with E-state index in [1.807, 2.05) is 18.4 Å². The van der Waals surface area contributed by atoms with Crippen molar-refractivity contribution in [2.24, 2.45) is 0 Å². The van der Waals surface area contributed by atoms with Crippen molar-refractivity contribution in [3.63, 3.8) is 0 Å². The van der Waals surface area contributed by atoms with Crippen LogP contribution in [0.1, 0.15) is 30.1 Å². The number of carbonyl (C=O) groups excluding carboxylic acids is 1. The van der Waals surface area contributed by atoms with E-state index >= 15 is 0 Å². The molecule has 0 aliphatic rings. The molecule has 0 spiro atoms. The summed E-state index contributed by atoms with van der Waals surface area (Å²) >= 11 is 11.2. The highest BCUT2D eigenvalue weighted by Crippen LogP contribution is 2.23. The predicted octanol–water partition coefficient (Wildman–Crippen LogP) is 4.36. The lowest BCUT2D eigenvalue weighted by Gasteiger charge is -2.11. The van der Waals surface area contributed by atoms with E-state index in [4.69, 9.17) is 11.6 Å². The normalized spacial score (nSPS) is 12.2. The van der Waals surface area contributed by atoms with E-state index in [0.29, 0.717) is 22.0 Å². The fourth-order valence-corrected chi connectivity index (χ4v) is 2.78. The minimum absolute atomic E-state index is 0.114. The first-order valence-electron chi connectivity index (χ1n) is 5.84. The number of halogens is 2. The second-order valence-electron chi connectivity index (χ2n) is 3.94. The van der Waals surface area contributed by atoms with Crippen LogP contribution < -0.4 is 5.32 Å². The number of alkyl halides is 1. The third-order valence-electron chi connectivity index (χ3n) is 2.50. The summed E-state index contributed by atoms with van der Waals surface area (Å²) in [6, 6.07) is 5.50. The van der Waals surface area contributed by atoms with Gasteiger partial charge >= 0.3 is 0 Å².